The van der Waals surface area contributed by atoms with Crippen molar-refractivity contribution in [2.75, 3.05) is 26.8 Å². The summed E-state index contributed by atoms with van der Waals surface area (Å²) in [4.78, 5) is 17.3. The Morgan fingerprint density at radius 2 is 2.06 bits per heavy atom. The predicted octanol–water partition coefficient (Wildman–Crippen LogP) is 4.19. The second kappa shape index (κ2) is 10.1. The summed E-state index contributed by atoms with van der Waals surface area (Å²) in [6.07, 6.45) is 7.53. The lowest BCUT2D eigenvalue weighted by Crippen LogP contribution is -2.35. The molecule has 1 heterocycles. The van der Waals surface area contributed by atoms with E-state index < -0.39 is 0 Å². The van der Waals surface area contributed by atoms with Crippen LogP contribution < -0.4 is 0 Å². The molecule has 4 rings (SSSR count). The zero-order valence-electron chi connectivity index (χ0n) is 18.3. The highest BCUT2D eigenvalue weighted by atomic mass is 16.5. The summed E-state index contributed by atoms with van der Waals surface area (Å²) >= 11 is 0. The van der Waals surface area contributed by atoms with E-state index in [9.17, 15) is 9.90 Å². The van der Waals surface area contributed by atoms with Gasteiger partial charge in [0, 0.05) is 42.7 Å². The molecule has 5 heteroatoms. The monoisotopic (exact) mass is 420 g/mol. The number of carbonyl (C=O) groups excluding carboxylic acids is 1. The van der Waals surface area contributed by atoms with Crippen molar-refractivity contribution >= 4 is 16.9 Å². The predicted molar refractivity (Wildman–Crippen MR) is 123 cm³/mol. The number of para-hydroxylation sites is 1. The van der Waals surface area contributed by atoms with Crippen molar-refractivity contribution < 1.29 is 14.6 Å². The number of nitrogens with one attached hydrogen (secondary N) is 1. The molecule has 0 spiro atoms. The molecule has 2 aromatic carbocycles. The molecule has 0 radical (unpaired) electrons. The molecule has 0 bridgehead atoms. The van der Waals surface area contributed by atoms with Crippen molar-refractivity contribution in [1.82, 2.24) is 9.88 Å². The van der Waals surface area contributed by atoms with E-state index in [1.807, 2.05) is 0 Å². The van der Waals surface area contributed by atoms with Gasteiger partial charge in [-0.1, -0.05) is 36.4 Å². The van der Waals surface area contributed by atoms with Crippen LogP contribution >= 0.6 is 0 Å². The van der Waals surface area contributed by atoms with E-state index >= 15 is 0 Å². The summed E-state index contributed by atoms with van der Waals surface area (Å²) in [5.41, 5.74) is 6.45. The topological polar surface area (TPSA) is 65.6 Å². The number of aliphatic hydroxyl groups is 1. The number of methoxy groups -OCH3 is 1. The maximum absolute atomic E-state index is 11.5. The fourth-order valence-corrected chi connectivity index (χ4v) is 4.88. The van der Waals surface area contributed by atoms with Crippen molar-refractivity contribution in [1.29, 1.82) is 0 Å². The standard InChI is InChI=1S/C26H32N2O3/c1-31-26(30)12-10-19-9-11-23-20(17-19)5-4-8-25(23)28(15-16-29)14-13-21-18-27-24-7-3-2-6-22(21)24/h2-3,6-7,9,11,17-18,25,27,29H,4-5,8,10,12-16H2,1H3. The number of carbonyl (C=O) groups is 1. The fraction of sp³-hybridized carbons (Fsp3) is 0.423. The first kappa shape index (κ1) is 21.6. The maximum atomic E-state index is 11.5. The molecule has 0 fully saturated rings. The number of nitrogens with zero attached hydrogens (tertiary/aromatic N) is 1. The third-order valence-corrected chi connectivity index (χ3v) is 6.51. The molecule has 5 nitrogen and oxygen atoms in total. The molecule has 164 valence electrons. The number of hydrogen-bond donors (Lipinski definition) is 2. The first-order valence-electron chi connectivity index (χ1n) is 11.3. The molecule has 0 aliphatic heterocycles. The third-order valence-electron chi connectivity index (χ3n) is 6.51. The van der Waals surface area contributed by atoms with Crippen LogP contribution in [0.25, 0.3) is 10.9 Å². The van der Waals surface area contributed by atoms with E-state index in [2.05, 4.69) is 58.5 Å². The highest BCUT2D eigenvalue weighted by molar-refractivity contribution is 5.83. The summed E-state index contributed by atoms with van der Waals surface area (Å²) in [6, 6.07) is 15.4. The van der Waals surface area contributed by atoms with Gasteiger partial charge in [-0.15, -0.1) is 0 Å². The third kappa shape index (κ3) is 5.00. The molecule has 3 aromatic rings. The number of rotatable bonds is 9. The normalized spacial score (nSPS) is 15.9. The lowest BCUT2D eigenvalue weighted by molar-refractivity contribution is -0.140. The Labute approximate surface area is 184 Å². The summed E-state index contributed by atoms with van der Waals surface area (Å²) in [6.45, 7) is 1.75. The highest BCUT2D eigenvalue weighted by Gasteiger charge is 2.26. The molecular formula is C26H32N2O3. The number of aromatic amines is 1. The molecule has 1 unspecified atom stereocenters. The van der Waals surface area contributed by atoms with Crippen LogP contribution in [0.1, 0.15) is 47.6 Å². The van der Waals surface area contributed by atoms with Crippen molar-refractivity contribution in [3.63, 3.8) is 0 Å². The Balaban J connectivity index is 1.49. The van der Waals surface area contributed by atoms with Gasteiger partial charge in [0.05, 0.1) is 13.7 Å². The van der Waals surface area contributed by atoms with E-state index in [-0.39, 0.29) is 12.6 Å². The smallest absolute Gasteiger partial charge is 0.305 e. The van der Waals surface area contributed by atoms with Crippen LogP contribution in [0.5, 0.6) is 0 Å². The van der Waals surface area contributed by atoms with Crippen LogP contribution in [0.4, 0.5) is 0 Å². The van der Waals surface area contributed by atoms with Gasteiger partial charge in [-0.05, 0) is 60.4 Å². The zero-order chi connectivity index (χ0) is 21.6. The van der Waals surface area contributed by atoms with E-state index in [1.165, 1.54) is 40.3 Å². The average Bonchev–Trinajstić information content (AvgIpc) is 3.22. The summed E-state index contributed by atoms with van der Waals surface area (Å²) in [5.74, 6) is -0.165. The lowest BCUT2D eigenvalue weighted by Gasteiger charge is -2.36. The quantitative estimate of drug-likeness (QED) is 0.510. The largest absolute Gasteiger partial charge is 0.469 e. The molecule has 2 N–H and O–H groups in total. The van der Waals surface area contributed by atoms with Gasteiger partial charge >= 0.3 is 5.97 Å². The Bertz CT molecular complexity index is 1030. The number of ether oxygens (including phenoxy) is 1. The van der Waals surface area contributed by atoms with Gasteiger partial charge in [-0.25, -0.2) is 0 Å². The Morgan fingerprint density at radius 1 is 1.19 bits per heavy atom. The average molecular weight is 421 g/mol. The van der Waals surface area contributed by atoms with Crippen LogP contribution in [0, 0.1) is 0 Å². The fourth-order valence-electron chi connectivity index (χ4n) is 4.88. The molecule has 0 saturated heterocycles. The van der Waals surface area contributed by atoms with E-state index in [0.29, 0.717) is 25.4 Å². The number of aromatic nitrogens is 1. The number of esters is 1. The molecule has 31 heavy (non-hydrogen) atoms. The highest BCUT2D eigenvalue weighted by Crippen LogP contribution is 2.35. The Morgan fingerprint density at radius 3 is 2.90 bits per heavy atom. The minimum atomic E-state index is -0.165. The minimum absolute atomic E-state index is 0.164. The van der Waals surface area contributed by atoms with E-state index in [1.54, 1.807) is 0 Å². The van der Waals surface area contributed by atoms with Gasteiger partial charge in [0.25, 0.3) is 0 Å². The van der Waals surface area contributed by atoms with Crippen LogP contribution in [-0.4, -0.2) is 47.8 Å². The first-order valence-corrected chi connectivity index (χ1v) is 11.3. The lowest BCUT2D eigenvalue weighted by atomic mass is 9.85. The first-order chi connectivity index (χ1) is 15.2. The summed E-state index contributed by atoms with van der Waals surface area (Å²) in [7, 11) is 1.44. The molecule has 1 aliphatic rings. The number of fused-ring (bicyclic) bond motifs is 2. The molecular weight excluding hydrogens is 388 g/mol. The van der Waals surface area contributed by atoms with Crippen molar-refractivity contribution in [2.45, 2.75) is 44.6 Å². The number of hydrogen-bond acceptors (Lipinski definition) is 4. The maximum Gasteiger partial charge on any atom is 0.305 e. The van der Waals surface area contributed by atoms with Gasteiger partial charge < -0.3 is 14.8 Å². The second-order valence-corrected chi connectivity index (χ2v) is 8.39. The number of H-pyrrole nitrogens is 1. The zero-order valence-corrected chi connectivity index (χ0v) is 18.3. The molecule has 1 aromatic heterocycles. The minimum Gasteiger partial charge on any atom is -0.469 e. The molecule has 1 atom stereocenters. The Kier molecular flexibility index (Phi) is 7.05. The van der Waals surface area contributed by atoms with Gasteiger partial charge in [-0.3, -0.25) is 9.69 Å². The van der Waals surface area contributed by atoms with Gasteiger partial charge in [0.1, 0.15) is 0 Å². The van der Waals surface area contributed by atoms with E-state index in [4.69, 9.17) is 4.74 Å². The van der Waals surface area contributed by atoms with Crippen LogP contribution in [-0.2, 0) is 28.8 Å². The van der Waals surface area contributed by atoms with Crippen LogP contribution in [0.2, 0.25) is 0 Å². The molecule has 0 amide bonds. The van der Waals surface area contributed by atoms with Crippen LogP contribution in [0.15, 0.2) is 48.7 Å². The number of benzene rings is 2. The molecule has 0 saturated carbocycles. The van der Waals surface area contributed by atoms with Gasteiger partial charge in [0.15, 0.2) is 0 Å². The molecule has 1 aliphatic carbocycles. The SMILES string of the molecule is COC(=O)CCc1ccc2c(c1)CCCC2N(CCO)CCc1c[nH]c2ccccc12. The summed E-state index contributed by atoms with van der Waals surface area (Å²) in [5, 5.41) is 11.0. The van der Waals surface area contributed by atoms with Crippen molar-refractivity contribution in [3.05, 3.63) is 70.9 Å². The van der Waals surface area contributed by atoms with Crippen molar-refractivity contribution in [3.8, 4) is 0 Å². The number of aryl methyl sites for hydroxylation is 2. The van der Waals surface area contributed by atoms with Crippen molar-refractivity contribution in [2.24, 2.45) is 0 Å². The Hall–Kier alpha value is -2.63. The van der Waals surface area contributed by atoms with Gasteiger partial charge in [0.2, 0.25) is 0 Å². The number of aliphatic hydroxyl groups excluding tert-OH is 1. The van der Waals surface area contributed by atoms with E-state index in [0.717, 1.165) is 32.2 Å². The van der Waals surface area contributed by atoms with Gasteiger partial charge in [-0.2, -0.15) is 0 Å². The second-order valence-electron chi connectivity index (χ2n) is 8.39. The summed E-state index contributed by atoms with van der Waals surface area (Å²) < 4.78 is 4.77. The van der Waals surface area contributed by atoms with Crippen LogP contribution in [0.3, 0.4) is 0 Å².